The minimum atomic E-state index is -0.543. The fraction of sp³-hybridized carbons (Fsp3) is 0.385. The molecule has 0 radical (unpaired) electrons. The summed E-state index contributed by atoms with van der Waals surface area (Å²) in [5.74, 6) is -0.133. The van der Waals surface area contributed by atoms with E-state index in [1.807, 2.05) is 37.3 Å². The molecule has 2 atom stereocenters. The zero-order valence-electron chi connectivity index (χ0n) is 18.0. The third-order valence-corrected chi connectivity index (χ3v) is 7.13. The molecule has 2 aromatic rings. The standard InChI is InChI=1S/C26H26ClNO4/c1-15-23(26(30)32-17-7-2-3-8-17)24(18-9-4-5-10-19(18)27)25-20(28-15)13-16(14-21(25)29)22-11-6-12-31-22/h4-6,9-12,16-17,24,28H,2-3,7-8,13-14H2,1H3/t16-,24-/m1/s1. The third kappa shape index (κ3) is 3.79. The van der Waals surface area contributed by atoms with E-state index in [9.17, 15) is 9.59 Å². The number of ether oxygens (including phenoxy) is 1. The molecule has 1 saturated carbocycles. The Morgan fingerprint density at radius 3 is 2.62 bits per heavy atom. The molecule has 1 fully saturated rings. The summed E-state index contributed by atoms with van der Waals surface area (Å²) in [7, 11) is 0. The van der Waals surface area contributed by atoms with E-state index in [0.29, 0.717) is 34.7 Å². The highest BCUT2D eigenvalue weighted by molar-refractivity contribution is 6.31. The summed E-state index contributed by atoms with van der Waals surface area (Å²) in [4.78, 5) is 26.9. The van der Waals surface area contributed by atoms with E-state index in [0.717, 1.165) is 42.7 Å². The Bertz CT molecular complexity index is 1110. The second-order valence-electron chi connectivity index (χ2n) is 8.87. The molecule has 6 heteroatoms. The topological polar surface area (TPSA) is 68.5 Å². The van der Waals surface area contributed by atoms with E-state index in [-0.39, 0.29) is 23.8 Å². The van der Waals surface area contributed by atoms with Crippen molar-refractivity contribution in [1.29, 1.82) is 0 Å². The van der Waals surface area contributed by atoms with Gasteiger partial charge >= 0.3 is 5.97 Å². The maximum absolute atomic E-state index is 13.5. The molecule has 1 aliphatic heterocycles. The van der Waals surface area contributed by atoms with Gasteiger partial charge in [0, 0.05) is 40.2 Å². The van der Waals surface area contributed by atoms with Crippen molar-refractivity contribution in [3.63, 3.8) is 0 Å². The van der Waals surface area contributed by atoms with Gasteiger partial charge in [0.1, 0.15) is 11.9 Å². The summed E-state index contributed by atoms with van der Waals surface area (Å²) in [5.41, 5.74) is 3.40. The van der Waals surface area contributed by atoms with Crippen molar-refractivity contribution in [2.75, 3.05) is 0 Å². The molecule has 1 N–H and O–H groups in total. The van der Waals surface area contributed by atoms with Crippen LogP contribution in [0.15, 0.2) is 69.6 Å². The lowest BCUT2D eigenvalue weighted by molar-refractivity contribution is -0.144. The molecular weight excluding hydrogens is 426 g/mol. The van der Waals surface area contributed by atoms with Crippen molar-refractivity contribution in [1.82, 2.24) is 5.32 Å². The maximum Gasteiger partial charge on any atom is 0.337 e. The number of carbonyl (C=O) groups is 2. The van der Waals surface area contributed by atoms with Crippen LogP contribution in [0.4, 0.5) is 0 Å². The monoisotopic (exact) mass is 451 g/mol. The largest absolute Gasteiger partial charge is 0.469 e. The van der Waals surface area contributed by atoms with Gasteiger partial charge in [0.05, 0.1) is 11.8 Å². The molecule has 1 aromatic heterocycles. The van der Waals surface area contributed by atoms with Crippen LogP contribution in [-0.4, -0.2) is 17.9 Å². The molecule has 1 aromatic carbocycles. The number of benzene rings is 1. The van der Waals surface area contributed by atoms with Gasteiger partial charge in [-0.05, 0) is 62.8 Å². The van der Waals surface area contributed by atoms with Crippen LogP contribution in [0.25, 0.3) is 0 Å². The SMILES string of the molecule is CC1=C(C(=O)OC2CCCC2)[C@@H](c2ccccc2Cl)C2=C(C[C@@H](c3ccco3)CC2=O)N1. The van der Waals surface area contributed by atoms with Gasteiger partial charge in [-0.15, -0.1) is 0 Å². The molecule has 0 spiro atoms. The zero-order valence-corrected chi connectivity index (χ0v) is 18.8. The van der Waals surface area contributed by atoms with Crippen molar-refractivity contribution >= 4 is 23.4 Å². The number of rotatable bonds is 4. The first-order valence-corrected chi connectivity index (χ1v) is 11.6. The average Bonchev–Trinajstić information content (AvgIpc) is 3.47. The van der Waals surface area contributed by atoms with Gasteiger partial charge in [0.15, 0.2) is 5.78 Å². The van der Waals surface area contributed by atoms with E-state index >= 15 is 0 Å². The summed E-state index contributed by atoms with van der Waals surface area (Å²) < 4.78 is 11.5. The first-order chi connectivity index (χ1) is 15.5. The molecule has 5 rings (SSSR count). The zero-order chi connectivity index (χ0) is 22.2. The van der Waals surface area contributed by atoms with Gasteiger partial charge in [-0.25, -0.2) is 4.79 Å². The molecule has 5 nitrogen and oxygen atoms in total. The predicted octanol–water partition coefficient (Wildman–Crippen LogP) is 5.78. The van der Waals surface area contributed by atoms with E-state index in [1.165, 1.54) is 0 Å². The molecule has 166 valence electrons. The smallest absolute Gasteiger partial charge is 0.337 e. The number of furan rings is 1. The number of allylic oxidation sites excluding steroid dienone is 3. The molecular formula is C26H26ClNO4. The van der Waals surface area contributed by atoms with Crippen LogP contribution in [0.5, 0.6) is 0 Å². The highest BCUT2D eigenvalue weighted by Crippen LogP contribution is 2.47. The Labute approximate surface area is 192 Å². The maximum atomic E-state index is 13.5. The lowest BCUT2D eigenvalue weighted by atomic mass is 9.72. The van der Waals surface area contributed by atoms with Gasteiger partial charge < -0.3 is 14.5 Å². The van der Waals surface area contributed by atoms with Crippen LogP contribution in [0.3, 0.4) is 0 Å². The number of esters is 1. The average molecular weight is 452 g/mol. The Morgan fingerprint density at radius 1 is 1.12 bits per heavy atom. The van der Waals surface area contributed by atoms with Gasteiger partial charge in [0.2, 0.25) is 0 Å². The number of carbonyl (C=O) groups excluding carboxylic acids is 2. The van der Waals surface area contributed by atoms with Gasteiger partial charge in [-0.1, -0.05) is 29.8 Å². The molecule has 0 saturated heterocycles. The number of Topliss-reactive ketones (excluding diaryl/α,β-unsaturated/α-hetero) is 1. The Hall–Kier alpha value is -2.79. The van der Waals surface area contributed by atoms with Gasteiger partial charge in [0.25, 0.3) is 0 Å². The quantitative estimate of drug-likeness (QED) is 0.596. The predicted molar refractivity (Wildman–Crippen MR) is 121 cm³/mol. The van der Waals surface area contributed by atoms with E-state index in [1.54, 1.807) is 12.3 Å². The van der Waals surface area contributed by atoms with Crippen LogP contribution in [0.1, 0.15) is 68.6 Å². The first-order valence-electron chi connectivity index (χ1n) is 11.3. The third-order valence-electron chi connectivity index (χ3n) is 6.79. The van der Waals surface area contributed by atoms with Crippen molar-refractivity contribution in [2.24, 2.45) is 0 Å². The number of nitrogens with one attached hydrogen (secondary N) is 1. The molecule has 2 aliphatic carbocycles. The lowest BCUT2D eigenvalue weighted by Crippen LogP contribution is -2.36. The number of ketones is 1. The minimum absolute atomic E-state index is 0.00346. The number of hydrogen-bond donors (Lipinski definition) is 1. The van der Waals surface area contributed by atoms with Crippen LogP contribution in [0.2, 0.25) is 5.02 Å². The molecule has 0 bridgehead atoms. The van der Waals surface area contributed by atoms with Crippen LogP contribution < -0.4 is 5.32 Å². The Balaban J connectivity index is 1.56. The van der Waals surface area contributed by atoms with Crippen LogP contribution in [0, 0.1) is 0 Å². The fourth-order valence-corrected chi connectivity index (χ4v) is 5.52. The van der Waals surface area contributed by atoms with Crippen molar-refractivity contribution in [2.45, 2.75) is 63.4 Å². The Morgan fingerprint density at radius 2 is 1.91 bits per heavy atom. The highest BCUT2D eigenvalue weighted by Gasteiger charge is 2.43. The van der Waals surface area contributed by atoms with E-state index in [4.69, 9.17) is 20.8 Å². The highest BCUT2D eigenvalue weighted by atomic mass is 35.5. The minimum Gasteiger partial charge on any atom is -0.469 e. The number of halogens is 1. The van der Waals surface area contributed by atoms with Gasteiger partial charge in [-0.2, -0.15) is 0 Å². The van der Waals surface area contributed by atoms with Crippen LogP contribution in [-0.2, 0) is 14.3 Å². The summed E-state index contributed by atoms with van der Waals surface area (Å²) in [6, 6.07) is 11.2. The second kappa shape index (κ2) is 8.62. The van der Waals surface area contributed by atoms with E-state index in [2.05, 4.69) is 5.32 Å². The number of hydrogen-bond acceptors (Lipinski definition) is 5. The fourth-order valence-electron chi connectivity index (χ4n) is 5.28. The second-order valence-corrected chi connectivity index (χ2v) is 9.27. The number of dihydropyridines is 1. The molecule has 0 unspecified atom stereocenters. The summed E-state index contributed by atoms with van der Waals surface area (Å²) in [5, 5.41) is 3.90. The first kappa shape index (κ1) is 21.1. The van der Waals surface area contributed by atoms with Crippen LogP contribution >= 0.6 is 11.6 Å². The van der Waals surface area contributed by atoms with Crippen molar-refractivity contribution < 1.29 is 18.7 Å². The molecule has 3 aliphatic rings. The summed E-state index contributed by atoms with van der Waals surface area (Å²) in [6.07, 6.45) is 6.47. The van der Waals surface area contributed by atoms with Gasteiger partial charge in [-0.3, -0.25) is 4.79 Å². The molecule has 32 heavy (non-hydrogen) atoms. The van der Waals surface area contributed by atoms with Crippen molar-refractivity contribution in [3.8, 4) is 0 Å². The summed E-state index contributed by atoms with van der Waals surface area (Å²) >= 11 is 6.59. The normalized spacial score (nSPS) is 23.9. The molecule has 2 heterocycles. The Kier molecular flexibility index (Phi) is 5.68. The molecule has 0 amide bonds. The lowest BCUT2D eigenvalue weighted by Gasteiger charge is -2.36. The summed E-state index contributed by atoms with van der Waals surface area (Å²) in [6.45, 7) is 1.87. The van der Waals surface area contributed by atoms with Crippen molar-refractivity contribution in [3.05, 3.63) is 81.5 Å². The van der Waals surface area contributed by atoms with E-state index < -0.39 is 5.92 Å².